The van der Waals surface area contributed by atoms with E-state index in [2.05, 4.69) is 10.6 Å². The highest BCUT2D eigenvalue weighted by atomic mass is 32.1. The Morgan fingerprint density at radius 3 is 3.08 bits per heavy atom. The van der Waals surface area contributed by atoms with Gasteiger partial charge in [0.25, 0.3) is 0 Å². The number of hydrogen-bond donors (Lipinski definition) is 2. The highest BCUT2D eigenvalue weighted by Gasteiger charge is 2.11. The third-order valence-corrected chi connectivity index (χ3v) is 2.25. The molecule has 2 N–H and O–H groups in total. The van der Waals surface area contributed by atoms with Crippen molar-refractivity contribution in [3.8, 4) is 5.75 Å². The molecule has 0 atom stereocenters. The lowest BCUT2D eigenvalue weighted by Gasteiger charge is -2.20. The predicted molar refractivity (Wildman–Crippen MR) is 56.1 cm³/mol. The summed E-state index contributed by atoms with van der Waals surface area (Å²) in [5.41, 5.74) is 2.23. The minimum absolute atomic E-state index is 0.678. The van der Waals surface area contributed by atoms with E-state index in [1.54, 1.807) is 7.11 Å². The molecule has 68 valence electrons. The van der Waals surface area contributed by atoms with Gasteiger partial charge < -0.3 is 15.4 Å². The van der Waals surface area contributed by atoms with Crippen molar-refractivity contribution >= 4 is 23.0 Å². The molecular weight excluding hydrogens is 184 g/mol. The Kier molecular flexibility index (Phi) is 2.06. The molecule has 1 aromatic rings. The van der Waals surface area contributed by atoms with Crippen molar-refractivity contribution in [3.05, 3.63) is 23.8 Å². The minimum atomic E-state index is 0.678. The van der Waals surface area contributed by atoms with Crippen molar-refractivity contribution in [1.82, 2.24) is 5.32 Å². The molecule has 0 fully saturated rings. The standard InChI is InChI=1S/C9H10N2OS/c1-12-7-2-3-8-6(4-7)5-10-9(13)11-8/h2-4H,5H2,1H3,(H2,10,11,13). The van der Waals surface area contributed by atoms with Gasteiger partial charge in [-0.3, -0.25) is 0 Å². The summed E-state index contributed by atoms with van der Waals surface area (Å²) in [6.07, 6.45) is 0. The number of ether oxygens (including phenoxy) is 1. The molecule has 0 aromatic heterocycles. The van der Waals surface area contributed by atoms with Gasteiger partial charge in [-0.05, 0) is 36.0 Å². The first-order valence-corrected chi connectivity index (χ1v) is 4.42. The summed E-state index contributed by atoms with van der Waals surface area (Å²) < 4.78 is 5.12. The van der Waals surface area contributed by atoms with Crippen LogP contribution in [0.25, 0.3) is 0 Å². The zero-order valence-electron chi connectivity index (χ0n) is 7.26. The Morgan fingerprint density at radius 1 is 1.46 bits per heavy atom. The molecule has 1 heterocycles. The van der Waals surface area contributed by atoms with E-state index in [1.165, 1.54) is 5.56 Å². The number of nitrogens with one attached hydrogen (secondary N) is 2. The van der Waals surface area contributed by atoms with E-state index in [0.29, 0.717) is 5.11 Å². The number of benzene rings is 1. The molecule has 0 radical (unpaired) electrons. The number of anilines is 1. The zero-order valence-corrected chi connectivity index (χ0v) is 8.07. The van der Waals surface area contributed by atoms with Crippen molar-refractivity contribution in [2.45, 2.75) is 6.54 Å². The number of rotatable bonds is 1. The van der Waals surface area contributed by atoms with Crippen molar-refractivity contribution in [2.75, 3.05) is 12.4 Å². The molecule has 0 spiro atoms. The molecule has 13 heavy (non-hydrogen) atoms. The molecule has 0 bridgehead atoms. The van der Waals surface area contributed by atoms with Crippen LogP contribution >= 0.6 is 12.2 Å². The Balaban J connectivity index is 2.36. The van der Waals surface area contributed by atoms with Crippen molar-refractivity contribution in [1.29, 1.82) is 0 Å². The molecule has 3 nitrogen and oxygen atoms in total. The van der Waals surface area contributed by atoms with Crippen molar-refractivity contribution in [3.63, 3.8) is 0 Å². The Bertz CT molecular complexity index is 351. The fourth-order valence-electron chi connectivity index (χ4n) is 1.31. The molecule has 0 saturated heterocycles. The topological polar surface area (TPSA) is 33.3 Å². The van der Waals surface area contributed by atoms with E-state index in [9.17, 15) is 0 Å². The maximum atomic E-state index is 5.12. The van der Waals surface area contributed by atoms with Crippen molar-refractivity contribution in [2.24, 2.45) is 0 Å². The van der Waals surface area contributed by atoms with E-state index in [0.717, 1.165) is 18.0 Å². The summed E-state index contributed by atoms with van der Waals surface area (Å²) in [5, 5.41) is 6.81. The van der Waals surface area contributed by atoms with Crippen LogP contribution in [0.2, 0.25) is 0 Å². The van der Waals surface area contributed by atoms with Crippen LogP contribution in [0.3, 0.4) is 0 Å². The van der Waals surface area contributed by atoms with Crippen LogP contribution in [-0.4, -0.2) is 12.2 Å². The summed E-state index contributed by atoms with van der Waals surface area (Å²) >= 11 is 4.99. The van der Waals surface area contributed by atoms with Crippen LogP contribution in [0.15, 0.2) is 18.2 Å². The second-order valence-electron chi connectivity index (χ2n) is 2.83. The molecule has 0 amide bonds. The fraction of sp³-hybridized carbons (Fsp3) is 0.222. The van der Waals surface area contributed by atoms with E-state index in [1.807, 2.05) is 18.2 Å². The number of hydrogen-bond acceptors (Lipinski definition) is 2. The van der Waals surface area contributed by atoms with Crippen LogP contribution in [-0.2, 0) is 6.54 Å². The highest BCUT2D eigenvalue weighted by molar-refractivity contribution is 7.80. The van der Waals surface area contributed by atoms with Gasteiger partial charge in [0.15, 0.2) is 5.11 Å². The van der Waals surface area contributed by atoms with Crippen LogP contribution in [0.5, 0.6) is 5.75 Å². The lowest BCUT2D eigenvalue weighted by atomic mass is 10.1. The van der Waals surface area contributed by atoms with Crippen molar-refractivity contribution < 1.29 is 4.74 Å². The first-order valence-electron chi connectivity index (χ1n) is 4.01. The molecule has 1 aromatic carbocycles. The van der Waals surface area contributed by atoms with Crippen LogP contribution in [0, 0.1) is 0 Å². The van der Waals surface area contributed by atoms with Gasteiger partial charge in [-0.2, -0.15) is 0 Å². The summed E-state index contributed by atoms with van der Waals surface area (Å²) in [5.74, 6) is 0.871. The van der Waals surface area contributed by atoms with E-state index in [4.69, 9.17) is 17.0 Å². The average Bonchev–Trinajstić information content (AvgIpc) is 2.17. The van der Waals surface area contributed by atoms with Gasteiger partial charge in [-0.1, -0.05) is 0 Å². The van der Waals surface area contributed by atoms with E-state index in [-0.39, 0.29) is 0 Å². The second-order valence-corrected chi connectivity index (χ2v) is 3.24. The fourth-order valence-corrected chi connectivity index (χ4v) is 1.49. The molecule has 0 unspecified atom stereocenters. The molecule has 4 heteroatoms. The normalized spacial score (nSPS) is 14.1. The Labute approximate surface area is 82.1 Å². The van der Waals surface area contributed by atoms with Gasteiger partial charge in [0.1, 0.15) is 5.75 Å². The molecule has 0 saturated carbocycles. The number of fused-ring (bicyclic) bond motifs is 1. The predicted octanol–water partition coefficient (Wildman–Crippen LogP) is 1.50. The minimum Gasteiger partial charge on any atom is -0.497 e. The molecule has 0 aliphatic carbocycles. The average molecular weight is 194 g/mol. The van der Waals surface area contributed by atoms with Gasteiger partial charge >= 0.3 is 0 Å². The largest absolute Gasteiger partial charge is 0.497 e. The zero-order chi connectivity index (χ0) is 9.26. The smallest absolute Gasteiger partial charge is 0.171 e. The third-order valence-electron chi connectivity index (χ3n) is 2.00. The van der Waals surface area contributed by atoms with Gasteiger partial charge in [-0.25, -0.2) is 0 Å². The number of methoxy groups -OCH3 is 1. The quantitative estimate of drug-likeness (QED) is 0.664. The molecule has 1 aliphatic rings. The SMILES string of the molecule is COc1ccc2c(c1)CNC(=S)N2. The number of thiocarbonyl (C=S) groups is 1. The first-order chi connectivity index (χ1) is 6.29. The van der Waals surface area contributed by atoms with E-state index >= 15 is 0 Å². The maximum Gasteiger partial charge on any atom is 0.171 e. The van der Waals surface area contributed by atoms with Crippen LogP contribution < -0.4 is 15.4 Å². The first kappa shape index (κ1) is 8.31. The van der Waals surface area contributed by atoms with Crippen LogP contribution in [0.4, 0.5) is 5.69 Å². The molecule has 1 aliphatic heterocycles. The van der Waals surface area contributed by atoms with Gasteiger partial charge in [0, 0.05) is 12.2 Å². The highest BCUT2D eigenvalue weighted by Crippen LogP contribution is 2.23. The van der Waals surface area contributed by atoms with Crippen LogP contribution in [0.1, 0.15) is 5.56 Å². The summed E-state index contributed by atoms with van der Waals surface area (Å²) in [4.78, 5) is 0. The maximum absolute atomic E-state index is 5.12. The lowest BCUT2D eigenvalue weighted by Crippen LogP contribution is -2.32. The summed E-state index contributed by atoms with van der Waals surface area (Å²) in [6, 6.07) is 5.89. The Morgan fingerprint density at radius 2 is 2.31 bits per heavy atom. The Hall–Kier alpha value is -1.29. The lowest BCUT2D eigenvalue weighted by molar-refractivity contribution is 0.414. The van der Waals surface area contributed by atoms with E-state index < -0.39 is 0 Å². The molecular formula is C9H10N2OS. The molecule has 2 rings (SSSR count). The van der Waals surface area contributed by atoms with Gasteiger partial charge in [-0.15, -0.1) is 0 Å². The second kappa shape index (κ2) is 3.22. The van der Waals surface area contributed by atoms with Gasteiger partial charge in [0.05, 0.1) is 7.11 Å². The summed E-state index contributed by atoms with van der Waals surface area (Å²) in [6.45, 7) is 0.762. The van der Waals surface area contributed by atoms with Gasteiger partial charge in [0.2, 0.25) is 0 Å². The summed E-state index contributed by atoms with van der Waals surface area (Å²) in [7, 11) is 1.66. The third kappa shape index (κ3) is 1.58. The monoisotopic (exact) mass is 194 g/mol.